The molecule has 1 unspecified atom stereocenters. The summed E-state index contributed by atoms with van der Waals surface area (Å²) in [6.45, 7) is 0. The van der Waals surface area contributed by atoms with Gasteiger partial charge in [-0.05, 0) is 29.3 Å². The molecule has 0 spiro atoms. The highest BCUT2D eigenvalue weighted by Gasteiger charge is 2.11. The summed E-state index contributed by atoms with van der Waals surface area (Å²) in [5, 5.41) is 9.39. The summed E-state index contributed by atoms with van der Waals surface area (Å²) in [4.78, 5) is 0. The van der Waals surface area contributed by atoms with Crippen molar-refractivity contribution in [3.05, 3.63) is 59.7 Å². The van der Waals surface area contributed by atoms with E-state index in [1.165, 1.54) is 0 Å². The number of anilines is 1. The van der Waals surface area contributed by atoms with Gasteiger partial charge < -0.3 is 16.6 Å². The van der Waals surface area contributed by atoms with Gasteiger partial charge in [0.1, 0.15) is 5.75 Å². The van der Waals surface area contributed by atoms with E-state index in [-0.39, 0.29) is 11.8 Å². The van der Waals surface area contributed by atoms with E-state index < -0.39 is 0 Å². The quantitative estimate of drug-likeness (QED) is 0.670. The molecule has 16 heavy (non-hydrogen) atoms. The summed E-state index contributed by atoms with van der Waals surface area (Å²) in [7, 11) is 0. The second-order valence-corrected chi connectivity index (χ2v) is 3.70. The summed E-state index contributed by atoms with van der Waals surface area (Å²) in [5.41, 5.74) is 14.3. The van der Waals surface area contributed by atoms with Crippen LogP contribution in [-0.2, 0) is 0 Å². The number of phenols is 1. The van der Waals surface area contributed by atoms with Crippen LogP contribution in [0.1, 0.15) is 17.2 Å². The zero-order valence-corrected chi connectivity index (χ0v) is 8.80. The zero-order valence-electron chi connectivity index (χ0n) is 8.80. The molecule has 3 nitrogen and oxygen atoms in total. The Kier molecular flexibility index (Phi) is 2.79. The van der Waals surface area contributed by atoms with E-state index >= 15 is 0 Å². The van der Waals surface area contributed by atoms with E-state index in [1.54, 1.807) is 18.2 Å². The Morgan fingerprint density at radius 1 is 1.00 bits per heavy atom. The third-order valence-corrected chi connectivity index (χ3v) is 2.56. The molecule has 2 aromatic carbocycles. The van der Waals surface area contributed by atoms with Gasteiger partial charge in [-0.15, -0.1) is 0 Å². The van der Waals surface area contributed by atoms with Crippen molar-refractivity contribution in [2.24, 2.45) is 5.73 Å². The molecule has 82 valence electrons. The standard InChI is InChI=1S/C13H14N2O/c14-12-7-2-1-6-11(12)13(15)9-4-3-5-10(16)8-9/h1-8,13,16H,14-15H2. The number of para-hydroxylation sites is 1. The van der Waals surface area contributed by atoms with Crippen molar-refractivity contribution in [2.45, 2.75) is 6.04 Å². The van der Waals surface area contributed by atoms with Gasteiger partial charge >= 0.3 is 0 Å². The van der Waals surface area contributed by atoms with E-state index in [0.717, 1.165) is 11.1 Å². The van der Waals surface area contributed by atoms with Crippen LogP contribution in [0, 0.1) is 0 Å². The van der Waals surface area contributed by atoms with Crippen LogP contribution >= 0.6 is 0 Å². The molecule has 0 heterocycles. The normalized spacial score (nSPS) is 12.3. The first-order chi connectivity index (χ1) is 7.68. The Hall–Kier alpha value is -2.00. The Balaban J connectivity index is 2.39. The summed E-state index contributed by atoms with van der Waals surface area (Å²) < 4.78 is 0. The van der Waals surface area contributed by atoms with Crippen LogP contribution in [0.15, 0.2) is 48.5 Å². The minimum absolute atomic E-state index is 0.211. The number of rotatable bonds is 2. The molecule has 1 atom stereocenters. The van der Waals surface area contributed by atoms with Crippen LogP contribution < -0.4 is 11.5 Å². The highest BCUT2D eigenvalue weighted by atomic mass is 16.3. The SMILES string of the molecule is Nc1ccccc1C(N)c1cccc(O)c1. The van der Waals surface area contributed by atoms with E-state index in [2.05, 4.69) is 0 Å². The second kappa shape index (κ2) is 4.24. The molecule has 5 N–H and O–H groups in total. The molecule has 0 bridgehead atoms. The molecule has 0 saturated carbocycles. The van der Waals surface area contributed by atoms with Gasteiger partial charge in [0.2, 0.25) is 0 Å². The highest BCUT2D eigenvalue weighted by molar-refractivity contribution is 5.51. The smallest absolute Gasteiger partial charge is 0.115 e. The van der Waals surface area contributed by atoms with Crippen molar-refractivity contribution in [1.29, 1.82) is 0 Å². The highest BCUT2D eigenvalue weighted by Crippen LogP contribution is 2.26. The summed E-state index contributed by atoms with van der Waals surface area (Å²) in [6.07, 6.45) is 0. The molecule has 2 aromatic rings. The van der Waals surface area contributed by atoms with E-state index in [0.29, 0.717) is 5.69 Å². The molecular formula is C13H14N2O. The molecule has 0 fully saturated rings. The van der Waals surface area contributed by atoms with Crippen LogP contribution in [0.4, 0.5) is 5.69 Å². The number of hydrogen-bond acceptors (Lipinski definition) is 3. The van der Waals surface area contributed by atoms with Gasteiger partial charge in [-0.1, -0.05) is 30.3 Å². The molecule has 0 saturated heterocycles. The fourth-order valence-electron chi connectivity index (χ4n) is 1.69. The van der Waals surface area contributed by atoms with Crippen molar-refractivity contribution < 1.29 is 5.11 Å². The number of hydrogen-bond donors (Lipinski definition) is 3. The van der Waals surface area contributed by atoms with Crippen molar-refractivity contribution >= 4 is 5.69 Å². The van der Waals surface area contributed by atoms with Crippen molar-refractivity contribution in [3.63, 3.8) is 0 Å². The lowest BCUT2D eigenvalue weighted by Crippen LogP contribution is -2.13. The van der Waals surface area contributed by atoms with Crippen LogP contribution in [-0.4, -0.2) is 5.11 Å². The molecule has 3 heteroatoms. The number of phenolic OH excluding ortho intramolecular Hbond substituents is 1. The van der Waals surface area contributed by atoms with Crippen LogP contribution in [0.25, 0.3) is 0 Å². The lowest BCUT2D eigenvalue weighted by Gasteiger charge is -2.14. The van der Waals surface area contributed by atoms with Gasteiger partial charge in [-0.25, -0.2) is 0 Å². The average Bonchev–Trinajstić information content (AvgIpc) is 2.29. The summed E-state index contributed by atoms with van der Waals surface area (Å²) in [5.74, 6) is 0.211. The van der Waals surface area contributed by atoms with Crippen LogP contribution in [0.2, 0.25) is 0 Å². The summed E-state index contributed by atoms with van der Waals surface area (Å²) in [6, 6.07) is 14.1. The maximum Gasteiger partial charge on any atom is 0.115 e. The first kappa shape index (κ1) is 10.5. The monoisotopic (exact) mass is 214 g/mol. The van der Waals surface area contributed by atoms with Gasteiger partial charge in [0.15, 0.2) is 0 Å². The largest absolute Gasteiger partial charge is 0.508 e. The van der Waals surface area contributed by atoms with Crippen LogP contribution in [0.3, 0.4) is 0 Å². The Labute approximate surface area is 94.3 Å². The molecular weight excluding hydrogens is 200 g/mol. The lowest BCUT2D eigenvalue weighted by molar-refractivity contribution is 0.474. The lowest BCUT2D eigenvalue weighted by atomic mass is 9.98. The molecule has 0 aliphatic carbocycles. The van der Waals surface area contributed by atoms with E-state index in [9.17, 15) is 5.11 Å². The molecule has 0 radical (unpaired) electrons. The number of aromatic hydroxyl groups is 1. The topological polar surface area (TPSA) is 72.3 Å². The maximum absolute atomic E-state index is 9.39. The predicted molar refractivity (Wildman–Crippen MR) is 65.0 cm³/mol. The molecule has 2 rings (SSSR count). The maximum atomic E-state index is 9.39. The minimum Gasteiger partial charge on any atom is -0.508 e. The van der Waals surface area contributed by atoms with Gasteiger partial charge in [-0.2, -0.15) is 0 Å². The Morgan fingerprint density at radius 3 is 2.44 bits per heavy atom. The fraction of sp³-hybridized carbons (Fsp3) is 0.0769. The fourth-order valence-corrected chi connectivity index (χ4v) is 1.69. The molecule has 0 aliphatic rings. The molecule has 0 aromatic heterocycles. The molecule has 0 amide bonds. The third kappa shape index (κ3) is 1.99. The van der Waals surface area contributed by atoms with Gasteiger partial charge in [0.05, 0.1) is 6.04 Å². The Bertz CT molecular complexity index is 497. The minimum atomic E-state index is -0.312. The Morgan fingerprint density at radius 2 is 1.75 bits per heavy atom. The van der Waals surface area contributed by atoms with Gasteiger partial charge in [-0.3, -0.25) is 0 Å². The summed E-state index contributed by atoms with van der Waals surface area (Å²) >= 11 is 0. The first-order valence-electron chi connectivity index (χ1n) is 5.07. The third-order valence-electron chi connectivity index (χ3n) is 2.56. The number of nitrogens with two attached hydrogens (primary N) is 2. The zero-order chi connectivity index (χ0) is 11.5. The molecule has 0 aliphatic heterocycles. The van der Waals surface area contributed by atoms with Crippen molar-refractivity contribution in [2.75, 3.05) is 5.73 Å². The predicted octanol–water partition coefficient (Wildman–Crippen LogP) is 2.02. The van der Waals surface area contributed by atoms with Crippen molar-refractivity contribution in [1.82, 2.24) is 0 Å². The van der Waals surface area contributed by atoms with Gasteiger partial charge in [0, 0.05) is 5.69 Å². The van der Waals surface area contributed by atoms with Crippen molar-refractivity contribution in [3.8, 4) is 5.75 Å². The average molecular weight is 214 g/mol. The van der Waals surface area contributed by atoms with Crippen LogP contribution in [0.5, 0.6) is 5.75 Å². The van der Waals surface area contributed by atoms with E-state index in [1.807, 2.05) is 30.3 Å². The number of benzene rings is 2. The first-order valence-corrected chi connectivity index (χ1v) is 5.07. The number of nitrogen functional groups attached to an aromatic ring is 1. The van der Waals surface area contributed by atoms with E-state index in [4.69, 9.17) is 11.5 Å². The second-order valence-electron chi connectivity index (χ2n) is 3.70. The van der Waals surface area contributed by atoms with Gasteiger partial charge in [0.25, 0.3) is 0 Å².